The highest BCUT2D eigenvalue weighted by Gasteiger charge is 2.15. The zero-order chi connectivity index (χ0) is 10.3. The van der Waals surface area contributed by atoms with Gasteiger partial charge in [-0.25, -0.2) is 0 Å². The van der Waals surface area contributed by atoms with Gasteiger partial charge in [0.15, 0.2) is 0 Å². The van der Waals surface area contributed by atoms with Crippen LogP contribution >= 0.6 is 0 Å². The van der Waals surface area contributed by atoms with Crippen molar-refractivity contribution < 1.29 is 4.74 Å². The first kappa shape index (κ1) is 12.5. The fourth-order valence-corrected chi connectivity index (χ4v) is 1.28. The molecule has 0 aliphatic heterocycles. The maximum atomic E-state index is 5.34. The van der Waals surface area contributed by atoms with Gasteiger partial charge in [-0.15, -0.1) is 12.3 Å². The molecule has 1 atom stereocenters. The lowest BCUT2D eigenvalue weighted by molar-refractivity contribution is 0.0128. The number of methoxy groups -OCH3 is 1. The molecule has 1 heteroatoms. The van der Waals surface area contributed by atoms with Crippen LogP contribution in [0.3, 0.4) is 0 Å². The molecule has 0 heterocycles. The SMILES string of the molecule is C#CCC(C)CCCC(C)(C)OC. The molecule has 0 bridgehead atoms. The van der Waals surface area contributed by atoms with Gasteiger partial charge >= 0.3 is 0 Å². The van der Waals surface area contributed by atoms with E-state index in [-0.39, 0.29) is 5.60 Å². The van der Waals surface area contributed by atoms with E-state index in [1.165, 1.54) is 12.8 Å². The highest BCUT2D eigenvalue weighted by molar-refractivity contribution is 4.85. The number of ether oxygens (including phenoxy) is 1. The van der Waals surface area contributed by atoms with E-state index in [4.69, 9.17) is 11.2 Å². The Labute approximate surface area is 82.9 Å². The zero-order valence-corrected chi connectivity index (χ0v) is 9.39. The van der Waals surface area contributed by atoms with Crippen LogP contribution in [0.4, 0.5) is 0 Å². The van der Waals surface area contributed by atoms with Crippen molar-refractivity contribution in [2.24, 2.45) is 5.92 Å². The van der Waals surface area contributed by atoms with Gasteiger partial charge in [0.1, 0.15) is 0 Å². The minimum absolute atomic E-state index is 0.0237. The number of rotatable bonds is 6. The van der Waals surface area contributed by atoms with Crippen LogP contribution in [-0.4, -0.2) is 12.7 Å². The van der Waals surface area contributed by atoms with E-state index in [1.807, 2.05) is 0 Å². The first-order valence-corrected chi connectivity index (χ1v) is 5.00. The summed E-state index contributed by atoms with van der Waals surface area (Å²) in [5.74, 6) is 3.35. The van der Waals surface area contributed by atoms with Crippen molar-refractivity contribution in [1.82, 2.24) is 0 Å². The molecule has 0 aromatic carbocycles. The summed E-state index contributed by atoms with van der Waals surface area (Å²) < 4.78 is 5.34. The highest BCUT2D eigenvalue weighted by Crippen LogP contribution is 2.19. The summed E-state index contributed by atoms with van der Waals surface area (Å²) in [6.45, 7) is 6.46. The molecule has 0 aromatic heterocycles. The lowest BCUT2D eigenvalue weighted by Crippen LogP contribution is -2.22. The Bertz CT molecular complexity index is 164. The summed E-state index contributed by atoms with van der Waals surface area (Å²) in [7, 11) is 1.77. The molecule has 76 valence electrons. The monoisotopic (exact) mass is 182 g/mol. The Balaban J connectivity index is 3.51. The maximum Gasteiger partial charge on any atom is 0.0622 e. The molecule has 13 heavy (non-hydrogen) atoms. The average molecular weight is 182 g/mol. The molecule has 1 unspecified atom stereocenters. The quantitative estimate of drug-likeness (QED) is 0.573. The van der Waals surface area contributed by atoms with Crippen molar-refractivity contribution in [2.45, 2.75) is 52.1 Å². The van der Waals surface area contributed by atoms with Gasteiger partial charge in [0.05, 0.1) is 5.60 Å². The fraction of sp³-hybridized carbons (Fsp3) is 0.833. The van der Waals surface area contributed by atoms with Crippen molar-refractivity contribution >= 4 is 0 Å². The Morgan fingerprint density at radius 3 is 2.54 bits per heavy atom. The van der Waals surface area contributed by atoms with Gasteiger partial charge in [-0.3, -0.25) is 0 Å². The van der Waals surface area contributed by atoms with Crippen LogP contribution in [-0.2, 0) is 4.74 Å². The van der Waals surface area contributed by atoms with Gasteiger partial charge in [-0.2, -0.15) is 0 Å². The number of terminal acetylenes is 1. The standard InChI is InChI=1S/C12H22O/c1-6-8-11(2)9-7-10-12(3,4)13-5/h1,11H,7-10H2,2-5H3. The lowest BCUT2D eigenvalue weighted by atomic mass is 9.95. The molecule has 0 fully saturated rings. The van der Waals surface area contributed by atoms with Crippen LogP contribution in [0.25, 0.3) is 0 Å². The largest absolute Gasteiger partial charge is 0.379 e. The van der Waals surface area contributed by atoms with E-state index in [0.717, 1.165) is 12.8 Å². The van der Waals surface area contributed by atoms with Crippen molar-refractivity contribution in [3.05, 3.63) is 0 Å². The summed E-state index contributed by atoms with van der Waals surface area (Å²) in [6, 6.07) is 0. The first-order chi connectivity index (χ1) is 6.02. The van der Waals surface area contributed by atoms with E-state index in [1.54, 1.807) is 7.11 Å². The Hall–Kier alpha value is -0.480. The van der Waals surface area contributed by atoms with Crippen LogP contribution in [0.1, 0.15) is 46.5 Å². The molecule has 0 amide bonds. The second kappa shape index (κ2) is 6.05. The number of hydrogen-bond acceptors (Lipinski definition) is 1. The molecular formula is C12H22O. The second-order valence-corrected chi connectivity index (χ2v) is 4.37. The Morgan fingerprint density at radius 1 is 1.46 bits per heavy atom. The maximum absolute atomic E-state index is 5.34. The van der Waals surface area contributed by atoms with Gasteiger partial charge in [0.25, 0.3) is 0 Å². The van der Waals surface area contributed by atoms with Crippen molar-refractivity contribution in [2.75, 3.05) is 7.11 Å². The fourth-order valence-electron chi connectivity index (χ4n) is 1.28. The molecular weight excluding hydrogens is 160 g/mol. The first-order valence-electron chi connectivity index (χ1n) is 5.00. The van der Waals surface area contributed by atoms with Gasteiger partial charge in [0, 0.05) is 13.5 Å². The molecule has 0 rings (SSSR count). The third-order valence-corrected chi connectivity index (χ3v) is 2.49. The van der Waals surface area contributed by atoms with E-state index in [0.29, 0.717) is 5.92 Å². The molecule has 0 aliphatic carbocycles. The predicted octanol–water partition coefficient (Wildman–Crippen LogP) is 3.24. The third-order valence-electron chi connectivity index (χ3n) is 2.49. The van der Waals surface area contributed by atoms with Crippen LogP contribution < -0.4 is 0 Å². The summed E-state index contributed by atoms with van der Waals surface area (Å²) >= 11 is 0. The van der Waals surface area contributed by atoms with Gasteiger partial charge < -0.3 is 4.74 Å². The highest BCUT2D eigenvalue weighted by atomic mass is 16.5. The van der Waals surface area contributed by atoms with Gasteiger partial charge in [0.2, 0.25) is 0 Å². The van der Waals surface area contributed by atoms with Crippen molar-refractivity contribution in [3.63, 3.8) is 0 Å². The molecule has 0 aliphatic rings. The van der Waals surface area contributed by atoms with E-state index in [2.05, 4.69) is 26.7 Å². The molecule has 0 aromatic rings. The van der Waals surface area contributed by atoms with Crippen molar-refractivity contribution in [3.8, 4) is 12.3 Å². The minimum atomic E-state index is 0.0237. The topological polar surface area (TPSA) is 9.23 Å². The molecule has 0 spiro atoms. The van der Waals surface area contributed by atoms with Crippen LogP contribution in [0.2, 0.25) is 0 Å². The van der Waals surface area contributed by atoms with E-state index in [9.17, 15) is 0 Å². The molecule has 0 radical (unpaired) electrons. The van der Waals surface area contributed by atoms with Gasteiger partial charge in [-0.05, 0) is 32.6 Å². The summed E-state index contributed by atoms with van der Waals surface area (Å²) in [5.41, 5.74) is 0.0237. The van der Waals surface area contributed by atoms with Crippen LogP contribution in [0.15, 0.2) is 0 Å². The zero-order valence-electron chi connectivity index (χ0n) is 9.39. The predicted molar refractivity (Wildman–Crippen MR) is 57.6 cm³/mol. The molecule has 0 saturated heterocycles. The molecule has 0 N–H and O–H groups in total. The molecule has 0 saturated carbocycles. The summed E-state index contributed by atoms with van der Waals surface area (Å²) in [6.07, 6.45) is 9.65. The normalized spacial score (nSPS) is 13.8. The Morgan fingerprint density at radius 2 is 2.08 bits per heavy atom. The second-order valence-electron chi connectivity index (χ2n) is 4.37. The smallest absolute Gasteiger partial charge is 0.0622 e. The van der Waals surface area contributed by atoms with Crippen LogP contribution in [0, 0.1) is 18.3 Å². The van der Waals surface area contributed by atoms with Crippen molar-refractivity contribution in [1.29, 1.82) is 0 Å². The minimum Gasteiger partial charge on any atom is -0.379 e. The summed E-state index contributed by atoms with van der Waals surface area (Å²) in [4.78, 5) is 0. The van der Waals surface area contributed by atoms with Crippen LogP contribution in [0.5, 0.6) is 0 Å². The average Bonchev–Trinajstić information content (AvgIpc) is 2.05. The number of hydrogen-bond donors (Lipinski definition) is 0. The third kappa shape index (κ3) is 6.66. The van der Waals surface area contributed by atoms with E-state index < -0.39 is 0 Å². The Kier molecular flexibility index (Phi) is 5.82. The summed E-state index contributed by atoms with van der Waals surface area (Å²) in [5, 5.41) is 0. The molecule has 1 nitrogen and oxygen atoms in total. The lowest BCUT2D eigenvalue weighted by Gasteiger charge is -2.23. The van der Waals surface area contributed by atoms with Gasteiger partial charge in [-0.1, -0.05) is 13.3 Å². The van der Waals surface area contributed by atoms with E-state index >= 15 is 0 Å².